The smallest absolute Gasteiger partial charge is 0.318 e. The maximum Gasteiger partial charge on any atom is 0.322 e. The Balaban J connectivity index is 2.10. The van der Waals surface area contributed by atoms with Crippen molar-refractivity contribution in [2.24, 2.45) is 0 Å². The fraction of sp³-hybridized carbons (Fsp3) is 0.353. The van der Waals surface area contributed by atoms with Crippen LogP contribution in [0.25, 0.3) is 0 Å². The molecule has 2 unspecified atom stereocenters. The van der Waals surface area contributed by atoms with Gasteiger partial charge in [0.15, 0.2) is 0 Å². The van der Waals surface area contributed by atoms with E-state index in [9.17, 15) is 4.79 Å². The Hall–Kier alpha value is -1.74. The molecule has 1 N–H and O–H groups in total. The molecule has 3 nitrogen and oxygen atoms in total. The van der Waals surface area contributed by atoms with E-state index in [-0.39, 0.29) is 18.1 Å². The molecule has 1 aliphatic heterocycles. The van der Waals surface area contributed by atoms with Crippen molar-refractivity contribution in [3.8, 4) is 0 Å². The van der Waals surface area contributed by atoms with Crippen LogP contribution in [0.15, 0.2) is 49.6 Å². The summed E-state index contributed by atoms with van der Waals surface area (Å²) in [5, 5.41) is 3.60. The molecule has 1 heterocycles. The molecular formula is C17H21ClN2O. The van der Waals surface area contributed by atoms with E-state index in [2.05, 4.69) is 18.5 Å². The summed E-state index contributed by atoms with van der Waals surface area (Å²) in [6, 6.07) is 7.53. The quantitative estimate of drug-likeness (QED) is 0.774. The molecule has 1 saturated heterocycles. The van der Waals surface area contributed by atoms with Crippen molar-refractivity contribution in [3.63, 3.8) is 0 Å². The van der Waals surface area contributed by atoms with Gasteiger partial charge in [-0.2, -0.15) is 0 Å². The molecule has 4 heteroatoms. The Morgan fingerprint density at radius 1 is 1.19 bits per heavy atom. The van der Waals surface area contributed by atoms with Crippen LogP contribution in [0.2, 0.25) is 5.02 Å². The second kappa shape index (κ2) is 7.32. The minimum atomic E-state index is -0.0616. The monoisotopic (exact) mass is 304 g/mol. The van der Waals surface area contributed by atoms with Gasteiger partial charge in [0, 0.05) is 22.8 Å². The molecule has 1 aromatic carbocycles. The number of halogens is 1. The summed E-state index contributed by atoms with van der Waals surface area (Å²) in [7, 11) is 0. The minimum absolute atomic E-state index is 0.0616. The fourth-order valence-electron chi connectivity index (χ4n) is 2.86. The predicted octanol–water partition coefficient (Wildman–Crippen LogP) is 4.86. The molecule has 2 atom stereocenters. The Labute approximate surface area is 131 Å². The fourth-order valence-corrected chi connectivity index (χ4v) is 2.99. The lowest BCUT2D eigenvalue weighted by atomic mass is 10.1. The molecular weight excluding hydrogens is 284 g/mol. The zero-order chi connectivity index (χ0) is 15.2. The van der Waals surface area contributed by atoms with Crippen LogP contribution in [0.1, 0.15) is 25.7 Å². The second-order valence-electron chi connectivity index (χ2n) is 5.28. The van der Waals surface area contributed by atoms with Crippen LogP contribution in [0, 0.1) is 0 Å². The van der Waals surface area contributed by atoms with Crippen molar-refractivity contribution in [2.75, 3.05) is 5.32 Å². The molecule has 2 rings (SSSR count). The first-order chi connectivity index (χ1) is 10.2. The van der Waals surface area contributed by atoms with Crippen LogP contribution in [-0.4, -0.2) is 23.0 Å². The zero-order valence-electron chi connectivity index (χ0n) is 12.1. The number of nitrogens with one attached hydrogen (secondary N) is 1. The van der Waals surface area contributed by atoms with Crippen molar-refractivity contribution in [3.05, 3.63) is 54.6 Å². The van der Waals surface area contributed by atoms with Gasteiger partial charge in [-0.15, -0.1) is 13.2 Å². The number of rotatable bonds is 5. The highest BCUT2D eigenvalue weighted by molar-refractivity contribution is 6.30. The number of carbonyl (C=O) groups is 1. The number of nitrogens with zero attached hydrogens (tertiary/aromatic N) is 1. The molecule has 0 spiro atoms. The number of likely N-dealkylation sites (tertiary alicyclic amines) is 1. The van der Waals surface area contributed by atoms with E-state index in [0.717, 1.165) is 31.4 Å². The summed E-state index contributed by atoms with van der Waals surface area (Å²) in [5.74, 6) is 0. The normalized spacial score (nSPS) is 21.1. The lowest BCUT2D eigenvalue weighted by Gasteiger charge is -2.29. The van der Waals surface area contributed by atoms with Gasteiger partial charge in [0.05, 0.1) is 0 Å². The van der Waals surface area contributed by atoms with Crippen LogP contribution >= 0.6 is 11.6 Å². The maximum atomic E-state index is 12.6. The molecule has 1 aromatic rings. The van der Waals surface area contributed by atoms with Crippen molar-refractivity contribution in [2.45, 2.75) is 37.8 Å². The number of benzene rings is 1. The van der Waals surface area contributed by atoms with Crippen molar-refractivity contribution in [1.29, 1.82) is 0 Å². The Morgan fingerprint density at radius 2 is 1.71 bits per heavy atom. The summed E-state index contributed by atoms with van der Waals surface area (Å²) in [6.07, 6.45) is 7.42. The molecule has 1 aliphatic rings. The summed E-state index contributed by atoms with van der Waals surface area (Å²) < 4.78 is 0. The van der Waals surface area contributed by atoms with Gasteiger partial charge in [0.2, 0.25) is 0 Å². The molecule has 1 fully saturated rings. The number of hydrogen-bond donors (Lipinski definition) is 1. The van der Waals surface area contributed by atoms with Crippen LogP contribution < -0.4 is 5.32 Å². The lowest BCUT2D eigenvalue weighted by Crippen LogP contribution is -2.43. The molecule has 0 bridgehead atoms. The van der Waals surface area contributed by atoms with Crippen LogP contribution in [0.3, 0.4) is 0 Å². The van der Waals surface area contributed by atoms with E-state index >= 15 is 0 Å². The standard InChI is InChI=1S/C17H21ClN2O/c1-3-5-15-11-12-16(6-4-2)20(15)17(21)19-14-9-7-13(18)8-10-14/h3-4,7-10,15-16H,1-2,5-6,11-12H2,(H,19,21). The number of anilines is 1. The van der Waals surface area contributed by atoms with Crippen molar-refractivity contribution < 1.29 is 4.79 Å². The number of amides is 2. The first kappa shape index (κ1) is 15.6. The maximum absolute atomic E-state index is 12.6. The molecule has 0 saturated carbocycles. The number of urea groups is 1. The van der Waals surface area contributed by atoms with Crippen LogP contribution in [0.4, 0.5) is 10.5 Å². The summed E-state index contributed by atoms with van der Waals surface area (Å²) in [5.41, 5.74) is 0.756. The van der Waals surface area contributed by atoms with Gasteiger partial charge in [-0.1, -0.05) is 23.8 Å². The van der Waals surface area contributed by atoms with Gasteiger partial charge in [-0.05, 0) is 49.9 Å². The lowest BCUT2D eigenvalue weighted by molar-refractivity contribution is 0.186. The third-order valence-electron chi connectivity index (χ3n) is 3.83. The Morgan fingerprint density at radius 3 is 2.19 bits per heavy atom. The molecule has 2 amide bonds. The molecule has 0 radical (unpaired) electrons. The molecule has 21 heavy (non-hydrogen) atoms. The Bertz CT molecular complexity index is 494. The van der Waals surface area contributed by atoms with Gasteiger partial charge < -0.3 is 10.2 Å². The van der Waals surface area contributed by atoms with E-state index in [4.69, 9.17) is 11.6 Å². The van der Waals surface area contributed by atoms with Gasteiger partial charge in [0.25, 0.3) is 0 Å². The summed E-state index contributed by atoms with van der Waals surface area (Å²) in [4.78, 5) is 14.5. The average molecular weight is 305 g/mol. The largest absolute Gasteiger partial charge is 0.322 e. The number of hydrogen-bond acceptors (Lipinski definition) is 1. The highest BCUT2D eigenvalue weighted by Gasteiger charge is 2.35. The summed E-state index contributed by atoms with van der Waals surface area (Å²) in [6.45, 7) is 7.58. The van der Waals surface area contributed by atoms with Gasteiger partial charge in [0.1, 0.15) is 0 Å². The molecule has 0 aliphatic carbocycles. The SMILES string of the molecule is C=CCC1CCC(CC=C)N1C(=O)Nc1ccc(Cl)cc1. The summed E-state index contributed by atoms with van der Waals surface area (Å²) >= 11 is 5.86. The van der Waals surface area contributed by atoms with Crippen LogP contribution in [-0.2, 0) is 0 Å². The van der Waals surface area contributed by atoms with Crippen LogP contribution in [0.5, 0.6) is 0 Å². The van der Waals surface area contributed by atoms with E-state index < -0.39 is 0 Å². The van der Waals surface area contributed by atoms with Crippen molar-refractivity contribution >= 4 is 23.3 Å². The third kappa shape index (κ3) is 3.88. The van der Waals surface area contributed by atoms with E-state index in [1.165, 1.54) is 0 Å². The average Bonchev–Trinajstić information content (AvgIpc) is 2.85. The van der Waals surface area contributed by atoms with Crippen molar-refractivity contribution in [1.82, 2.24) is 4.90 Å². The Kier molecular flexibility index (Phi) is 5.45. The van der Waals surface area contributed by atoms with E-state index in [1.807, 2.05) is 17.1 Å². The van der Waals surface area contributed by atoms with E-state index in [0.29, 0.717) is 5.02 Å². The predicted molar refractivity (Wildman–Crippen MR) is 88.7 cm³/mol. The second-order valence-corrected chi connectivity index (χ2v) is 5.71. The third-order valence-corrected chi connectivity index (χ3v) is 4.08. The topological polar surface area (TPSA) is 32.3 Å². The zero-order valence-corrected chi connectivity index (χ0v) is 12.9. The molecule has 0 aromatic heterocycles. The van der Waals surface area contributed by atoms with E-state index in [1.54, 1.807) is 24.3 Å². The number of carbonyl (C=O) groups excluding carboxylic acids is 1. The minimum Gasteiger partial charge on any atom is -0.318 e. The first-order valence-corrected chi connectivity index (χ1v) is 7.60. The van der Waals surface area contributed by atoms with Gasteiger partial charge in [-0.3, -0.25) is 0 Å². The highest BCUT2D eigenvalue weighted by atomic mass is 35.5. The first-order valence-electron chi connectivity index (χ1n) is 7.22. The highest BCUT2D eigenvalue weighted by Crippen LogP contribution is 2.29. The van der Waals surface area contributed by atoms with Gasteiger partial charge in [-0.25, -0.2) is 4.79 Å². The molecule has 112 valence electrons. The van der Waals surface area contributed by atoms with Gasteiger partial charge >= 0.3 is 6.03 Å².